The molecule has 1 aliphatic rings. The van der Waals surface area contributed by atoms with Gasteiger partial charge in [0.2, 0.25) is 0 Å². The van der Waals surface area contributed by atoms with Gasteiger partial charge < -0.3 is 14.9 Å². The summed E-state index contributed by atoms with van der Waals surface area (Å²) < 4.78 is 0. The van der Waals surface area contributed by atoms with Gasteiger partial charge in [0.15, 0.2) is 0 Å². The lowest BCUT2D eigenvalue weighted by Gasteiger charge is -2.27. The average molecular weight is 277 g/mol. The summed E-state index contributed by atoms with van der Waals surface area (Å²) in [4.78, 5) is 19.8. The molecule has 0 unspecified atom stereocenters. The number of nitrogens with zero attached hydrogens (tertiary/aromatic N) is 3. The highest BCUT2D eigenvalue weighted by Crippen LogP contribution is 2.17. The molecule has 20 heavy (non-hydrogen) atoms. The van der Waals surface area contributed by atoms with Crippen LogP contribution in [-0.2, 0) is 4.79 Å². The fraction of sp³-hybridized carbons (Fsp3) is 0.600. The number of carboxylic acid groups (broad SMARTS) is 1. The Labute approximate surface area is 120 Å². The van der Waals surface area contributed by atoms with E-state index in [1.165, 1.54) is 12.8 Å². The van der Waals surface area contributed by atoms with Crippen LogP contribution in [0.15, 0.2) is 18.3 Å². The van der Waals surface area contributed by atoms with Crippen LogP contribution in [0.25, 0.3) is 0 Å². The van der Waals surface area contributed by atoms with Crippen LogP contribution in [0.1, 0.15) is 24.8 Å². The average Bonchev–Trinajstić information content (AvgIpc) is 2.93. The maximum absolute atomic E-state index is 10.8. The zero-order valence-corrected chi connectivity index (χ0v) is 12.1. The maximum atomic E-state index is 10.8. The second kappa shape index (κ2) is 7.24. The molecule has 0 bridgehead atoms. The molecule has 1 fully saturated rings. The number of hydrogen-bond acceptors (Lipinski definition) is 4. The van der Waals surface area contributed by atoms with Gasteiger partial charge in [-0.25, -0.2) is 4.98 Å². The Hall–Kier alpha value is -1.62. The van der Waals surface area contributed by atoms with Crippen molar-refractivity contribution in [2.45, 2.75) is 26.2 Å². The lowest BCUT2D eigenvalue weighted by atomic mass is 10.2. The van der Waals surface area contributed by atoms with Crippen molar-refractivity contribution in [3.63, 3.8) is 0 Å². The summed E-state index contributed by atoms with van der Waals surface area (Å²) in [5.74, 6) is 0.151. The first-order chi connectivity index (χ1) is 9.66. The Kier molecular flexibility index (Phi) is 5.35. The SMILES string of the molecule is Cc1cccnc1N(CCC(=O)O)CCN1CCCC1. The van der Waals surface area contributed by atoms with E-state index in [1.54, 1.807) is 6.20 Å². The molecular weight excluding hydrogens is 254 g/mol. The van der Waals surface area contributed by atoms with Crippen molar-refractivity contribution < 1.29 is 9.90 Å². The van der Waals surface area contributed by atoms with Gasteiger partial charge in [-0.2, -0.15) is 0 Å². The van der Waals surface area contributed by atoms with Gasteiger partial charge >= 0.3 is 5.97 Å². The molecule has 1 aromatic rings. The molecule has 0 aliphatic carbocycles. The molecular formula is C15H23N3O2. The van der Waals surface area contributed by atoms with Gasteiger partial charge in [0, 0.05) is 25.8 Å². The zero-order chi connectivity index (χ0) is 14.4. The first kappa shape index (κ1) is 14.8. The number of carboxylic acids is 1. The third-order valence-corrected chi connectivity index (χ3v) is 3.76. The van der Waals surface area contributed by atoms with E-state index in [-0.39, 0.29) is 6.42 Å². The summed E-state index contributed by atoms with van der Waals surface area (Å²) in [5, 5.41) is 8.90. The Bertz CT molecular complexity index is 444. The summed E-state index contributed by atoms with van der Waals surface area (Å²) in [6, 6.07) is 3.93. The number of likely N-dealkylation sites (tertiary alicyclic amines) is 1. The molecule has 0 spiro atoms. The van der Waals surface area contributed by atoms with Gasteiger partial charge in [0.25, 0.3) is 0 Å². The van der Waals surface area contributed by atoms with E-state index in [4.69, 9.17) is 5.11 Å². The van der Waals surface area contributed by atoms with Crippen molar-refractivity contribution in [2.24, 2.45) is 0 Å². The topological polar surface area (TPSA) is 56.7 Å². The third-order valence-electron chi connectivity index (χ3n) is 3.76. The van der Waals surface area contributed by atoms with E-state index in [9.17, 15) is 4.79 Å². The summed E-state index contributed by atoms with van der Waals surface area (Å²) >= 11 is 0. The Morgan fingerprint density at radius 3 is 2.80 bits per heavy atom. The minimum absolute atomic E-state index is 0.149. The predicted octanol–water partition coefficient (Wildman–Crippen LogP) is 1.77. The number of pyridine rings is 1. The molecule has 0 aromatic carbocycles. The van der Waals surface area contributed by atoms with Crippen LogP contribution in [0.5, 0.6) is 0 Å². The van der Waals surface area contributed by atoms with Crippen LogP contribution in [0.4, 0.5) is 5.82 Å². The molecule has 0 radical (unpaired) electrons. The predicted molar refractivity (Wildman–Crippen MR) is 79.1 cm³/mol. The summed E-state index contributed by atoms with van der Waals surface area (Å²) in [5.41, 5.74) is 1.10. The van der Waals surface area contributed by atoms with Gasteiger partial charge in [0.05, 0.1) is 6.42 Å². The van der Waals surface area contributed by atoms with Crippen molar-refractivity contribution in [1.82, 2.24) is 9.88 Å². The normalized spacial score (nSPS) is 15.4. The molecule has 1 N–H and O–H groups in total. The van der Waals surface area contributed by atoms with Crippen LogP contribution in [0, 0.1) is 6.92 Å². The van der Waals surface area contributed by atoms with E-state index in [2.05, 4.69) is 14.8 Å². The monoisotopic (exact) mass is 277 g/mol. The molecule has 0 amide bonds. The molecule has 5 nitrogen and oxygen atoms in total. The van der Waals surface area contributed by atoms with Crippen LogP contribution >= 0.6 is 0 Å². The molecule has 2 rings (SSSR count). The number of aryl methyl sites for hydroxylation is 1. The summed E-state index contributed by atoms with van der Waals surface area (Å²) in [7, 11) is 0. The highest BCUT2D eigenvalue weighted by molar-refractivity contribution is 5.67. The smallest absolute Gasteiger partial charge is 0.305 e. The quantitative estimate of drug-likeness (QED) is 0.823. The second-order valence-electron chi connectivity index (χ2n) is 5.32. The number of aliphatic carboxylic acids is 1. The number of carbonyl (C=O) groups is 1. The van der Waals surface area contributed by atoms with Gasteiger partial charge in [0.1, 0.15) is 5.82 Å². The van der Waals surface area contributed by atoms with Gasteiger partial charge in [-0.05, 0) is 44.5 Å². The van der Waals surface area contributed by atoms with E-state index in [1.807, 2.05) is 19.1 Å². The fourth-order valence-electron chi connectivity index (χ4n) is 2.63. The molecule has 0 saturated carbocycles. The number of rotatable bonds is 7. The van der Waals surface area contributed by atoms with E-state index in [0.717, 1.165) is 37.6 Å². The Morgan fingerprint density at radius 1 is 1.40 bits per heavy atom. The summed E-state index contributed by atoms with van der Waals surface area (Å²) in [6.45, 7) is 6.68. The molecule has 110 valence electrons. The van der Waals surface area contributed by atoms with Crippen LogP contribution in [-0.4, -0.2) is 53.7 Å². The molecule has 1 aliphatic heterocycles. The van der Waals surface area contributed by atoms with Crippen molar-refractivity contribution in [3.8, 4) is 0 Å². The number of aromatic nitrogens is 1. The number of hydrogen-bond donors (Lipinski definition) is 1. The molecule has 2 heterocycles. The van der Waals surface area contributed by atoms with E-state index < -0.39 is 5.97 Å². The van der Waals surface area contributed by atoms with Gasteiger partial charge in [-0.3, -0.25) is 4.79 Å². The third kappa shape index (κ3) is 4.20. The van der Waals surface area contributed by atoms with Crippen LogP contribution in [0.3, 0.4) is 0 Å². The largest absolute Gasteiger partial charge is 0.481 e. The molecule has 1 aromatic heterocycles. The van der Waals surface area contributed by atoms with Gasteiger partial charge in [-0.1, -0.05) is 6.07 Å². The van der Waals surface area contributed by atoms with Crippen molar-refractivity contribution >= 4 is 11.8 Å². The molecule has 5 heteroatoms. The lowest BCUT2D eigenvalue weighted by molar-refractivity contribution is -0.136. The second-order valence-corrected chi connectivity index (χ2v) is 5.32. The van der Waals surface area contributed by atoms with Crippen molar-refractivity contribution in [2.75, 3.05) is 37.6 Å². The number of anilines is 1. The minimum Gasteiger partial charge on any atom is -0.481 e. The first-order valence-electron chi connectivity index (χ1n) is 7.27. The standard InChI is InChI=1S/C15H23N3O2/c1-13-5-4-7-16-15(13)18(10-6-14(19)20)12-11-17-8-2-3-9-17/h4-5,7H,2-3,6,8-12H2,1H3,(H,19,20). The Balaban J connectivity index is 1.99. The van der Waals surface area contributed by atoms with Crippen molar-refractivity contribution in [3.05, 3.63) is 23.9 Å². The van der Waals surface area contributed by atoms with E-state index >= 15 is 0 Å². The van der Waals surface area contributed by atoms with Crippen LogP contribution < -0.4 is 4.90 Å². The van der Waals surface area contributed by atoms with E-state index in [0.29, 0.717) is 6.54 Å². The highest BCUT2D eigenvalue weighted by Gasteiger charge is 2.16. The lowest BCUT2D eigenvalue weighted by Crippen LogP contribution is -2.36. The highest BCUT2D eigenvalue weighted by atomic mass is 16.4. The fourth-order valence-corrected chi connectivity index (χ4v) is 2.63. The van der Waals surface area contributed by atoms with Crippen molar-refractivity contribution in [1.29, 1.82) is 0 Å². The zero-order valence-electron chi connectivity index (χ0n) is 12.1. The maximum Gasteiger partial charge on any atom is 0.305 e. The van der Waals surface area contributed by atoms with Gasteiger partial charge in [-0.15, -0.1) is 0 Å². The Morgan fingerprint density at radius 2 is 2.15 bits per heavy atom. The molecule has 1 saturated heterocycles. The first-order valence-corrected chi connectivity index (χ1v) is 7.27. The molecule has 0 atom stereocenters. The minimum atomic E-state index is -0.759. The summed E-state index contributed by atoms with van der Waals surface area (Å²) in [6.07, 6.45) is 4.47. The van der Waals surface area contributed by atoms with Crippen LogP contribution in [0.2, 0.25) is 0 Å².